The van der Waals surface area contributed by atoms with Crippen LogP contribution in [0.3, 0.4) is 0 Å². The van der Waals surface area contributed by atoms with Crippen LogP contribution in [-0.2, 0) is 14.8 Å². The quantitative estimate of drug-likeness (QED) is 0.833. The minimum absolute atomic E-state index is 0.158. The molecule has 1 fully saturated rings. The number of sulfonamides is 1. The number of ether oxygens (including phenoxy) is 1. The van der Waals surface area contributed by atoms with E-state index in [9.17, 15) is 12.8 Å². The van der Waals surface area contributed by atoms with Crippen LogP contribution in [0.15, 0.2) is 23.4 Å². The summed E-state index contributed by atoms with van der Waals surface area (Å²) in [7, 11) is -2.54. The van der Waals surface area contributed by atoms with Gasteiger partial charge in [-0.2, -0.15) is 4.31 Å². The van der Waals surface area contributed by atoms with Gasteiger partial charge in [0.1, 0.15) is 0 Å². The summed E-state index contributed by atoms with van der Waals surface area (Å²) in [5.41, 5.74) is 0. The Hall–Kier alpha value is -1.09. The lowest BCUT2D eigenvalue weighted by atomic mass is 10.3. The van der Waals surface area contributed by atoms with Crippen molar-refractivity contribution >= 4 is 10.0 Å². The Morgan fingerprint density at radius 3 is 3.05 bits per heavy atom. The Balaban J connectivity index is 2.13. The third-order valence-corrected chi connectivity index (χ3v) is 4.60. The number of halogens is 1. The average Bonchev–Trinajstić information content (AvgIpc) is 2.40. The van der Waals surface area contributed by atoms with E-state index >= 15 is 0 Å². The van der Waals surface area contributed by atoms with E-state index in [0.29, 0.717) is 13.2 Å². The van der Waals surface area contributed by atoms with Crippen molar-refractivity contribution in [2.24, 2.45) is 0 Å². The lowest BCUT2D eigenvalue weighted by Gasteiger charge is -2.27. The maximum atomic E-state index is 13.5. The maximum absolute atomic E-state index is 13.5. The first-order chi connectivity index (χ1) is 9.01. The molecule has 1 atom stereocenters. The van der Waals surface area contributed by atoms with Crippen LogP contribution in [-0.4, -0.2) is 57.1 Å². The van der Waals surface area contributed by atoms with Gasteiger partial charge in [0.2, 0.25) is 5.03 Å². The first-order valence-corrected chi connectivity index (χ1v) is 7.35. The van der Waals surface area contributed by atoms with Gasteiger partial charge in [0.15, 0.2) is 5.82 Å². The van der Waals surface area contributed by atoms with E-state index in [0.717, 1.165) is 16.9 Å². The summed E-state index contributed by atoms with van der Waals surface area (Å²) in [6.07, 6.45) is 1.02. The summed E-state index contributed by atoms with van der Waals surface area (Å²) in [5, 5.41) is 2.55. The molecular weight excluding hydrogens is 273 g/mol. The van der Waals surface area contributed by atoms with E-state index in [2.05, 4.69) is 10.3 Å². The van der Waals surface area contributed by atoms with E-state index in [4.69, 9.17) is 4.74 Å². The minimum atomic E-state index is -3.93. The van der Waals surface area contributed by atoms with E-state index in [1.165, 1.54) is 19.3 Å². The highest BCUT2D eigenvalue weighted by Crippen LogP contribution is 2.15. The molecule has 1 N–H and O–H groups in total. The number of aromatic nitrogens is 1. The molecule has 0 aromatic carbocycles. The number of hydrogen-bond donors (Lipinski definition) is 1. The van der Waals surface area contributed by atoms with Gasteiger partial charge in [0.05, 0.1) is 12.7 Å². The van der Waals surface area contributed by atoms with E-state index in [1.807, 2.05) is 0 Å². The second-order valence-corrected chi connectivity index (χ2v) is 6.23. The lowest BCUT2D eigenvalue weighted by molar-refractivity contribution is 0.0206. The van der Waals surface area contributed by atoms with Crippen LogP contribution in [0.25, 0.3) is 0 Å². The number of nitrogens with zero attached hydrogens (tertiary/aromatic N) is 2. The van der Waals surface area contributed by atoms with Crippen molar-refractivity contribution in [1.82, 2.24) is 14.6 Å². The number of morpholine rings is 1. The third kappa shape index (κ3) is 3.27. The molecule has 2 rings (SSSR count). The standard InChI is InChI=1S/C11H16FN3O3S/c1-15(8-9-7-13-5-6-18-9)19(16,17)11-10(12)3-2-4-14-11/h2-4,9,13H,5-8H2,1H3. The molecule has 0 saturated carbocycles. The lowest BCUT2D eigenvalue weighted by Crippen LogP contribution is -2.45. The van der Waals surface area contributed by atoms with Crippen molar-refractivity contribution in [3.8, 4) is 0 Å². The van der Waals surface area contributed by atoms with E-state index in [1.54, 1.807) is 0 Å². The second kappa shape index (κ2) is 5.91. The summed E-state index contributed by atoms with van der Waals surface area (Å²) >= 11 is 0. The Labute approximate surface area is 111 Å². The summed E-state index contributed by atoms with van der Waals surface area (Å²) in [4.78, 5) is 3.60. The number of likely N-dealkylation sites (N-methyl/N-ethyl adjacent to an activating group) is 1. The molecule has 1 aliphatic rings. The topological polar surface area (TPSA) is 71.5 Å². The predicted octanol–water partition coefficient (Wildman–Crippen LogP) is -0.170. The van der Waals surface area contributed by atoms with Crippen molar-refractivity contribution in [1.29, 1.82) is 0 Å². The van der Waals surface area contributed by atoms with Gasteiger partial charge < -0.3 is 10.1 Å². The second-order valence-electron chi connectivity index (χ2n) is 4.27. The first-order valence-electron chi connectivity index (χ1n) is 5.91. The van der Waals surface area contributed by atoms with Crippen LogP contribution in [0.2, 0.25) is 0 Å². The molecule has 0 aliphatic carbocycles. The predicted molar refractivity (Wildman–Crippen MR) is 66.6 cm³/mol. The molecule has 0 amide bonds. The van der Waals surface area contributed by atoms with Crippen LogP contribution in [0.4, 0.5) is 4.39 Å². The fourth-order valence-corrected chi connectivity index (χ4v) is 3.00. The van der Waals surface area contributed by atoms with Gasteiger partial charge in [0.25, 0.3) is 10.0 Å². The molecule has 1 aromatic heterocycles. The van der Waals surface area contributed by atoms with Crippen LogP contribution < -0.4 is 5.32 Å². The van der Waals surface area contributed by atoms with Crippen LogP contribution in [0.1, 0.15) is 0 Å². The molecule has 8 heteroatoms. The molecule has 0 radical (unpaired) electrons. The zero-order valence-electron chi connectivity index (χ0n) is 10.5. The van der Waals surface area contributed by atoms with E-state index < -0.39 is 20.9 Å². The van der Waals surface area contributed by atoms with Crippen molar-refractivity contribution in [3.63, 3.8) is 0 Å². The van der Waals surface area contributed by atoms with Gasteiger partial charge in [-0.05, 0) is 12.1 Å². The number of nitrogens with one attached hydrogen (secondary N) is 1. The first kappa shape index (κ1) is 14.3. The largest absolute Gasteiger partial charge is 0.374 e. The van der Waals surface area contributed by atoms with Crippen LogP contribution in [0, 0.1) is 5.82 Å². The highest BCUT2D eigenvalue weighted by molar-refractivity contribution is 7.89. The SMILES string of the molecule is CN(CC1CNCCO1)S(=O)(=O)c1ncccc1F. The molecule has 1 aromatic rings. The van der Waals surface area contributed by atoms with Crippen molar-refractivity contribution in [2.45, 2.75) is 11.1 Å². The summed E-state index contributed by atoms with van der Waals surface area (Å²) in [6.45, 7) is 2.02. The average molecular weight is 289 g/mol. The molecule has 2 heterocycles. The fraction of sp³-hybridized carbons (Fsp3) is 0.545. The molecule has 6 nitrogen and oxygen atoms in total. The van der Waals surface area contributed by atoms with Crippen LogP contribution in [0.5, 0.6) is 0 Å². The molecule has 106 valence electrons. The fourth-order valence-electron chi connectivity index (χ4n) is 1.83. The van der Waals surface area contributed by atoms with Crippen LogP contribution >= 0.6 is 0 Å². The molecule has 1 aliphatic heterocycles. The number of rotatable bonds is 4. The van der Waals surface area contributed by atoms with Gasteiger partial charge in [-0.1, -0.05) is 0 Å². The Kier molecular flexibility index (Phi) is 4.46. The number of pyridine rings is 1. The minimum Gasteiger partial charge on any atom is -0.374 e. The van der Waals surface area contributed by atoms with Gasteiger partial charge in [-0.3, -0.25) is 0 Å². The van der Waals surface area contributed by atoms with Crippen molar-refractivity contribution in [2.75, 3.05) is 33.3 Å². The normalized spacial score (nSPS) is 20.7. The highest BCUT2D eigenvalue weighted by Gasteiger charge is 2.28. The molecule has 0 spiro atoms. The molecule has 1 unspecified atom stereocenters. The monoisotopic (exact) mass is 289 g/mol. The zero-order chi connectivity index (χ0) is 13.9. The summed E-state index contributed by atoms with van der Waals surface area (Å²) in [6, 6.07) is 2.43. The molecule has 0 bridgehead atoms. The molecule has 19 heavy (non-hydrogen) atoms. The van der Waals surface area contributed by atoms with Gasteiger partial charge >= 0.3 is 0 Å². The third-order valence-electron chi connectivity index (χ3n) is 2.84. The highest BCUT2D eigenvalue weighted by atomic mass is 32.2. The van der Waals surface area contributed by atoms with Crippen molar-refractivity contribution in [3.05, 3.63) is 24.1 Å². The summed E-state index contributed by atoms with van der Waals surface area (Å²) in [5.74, 6) is -0.850. The summed E-state index contributed by atoms with van der Waals surface area (Å²) < 4.78 is 44.4. The Morgan fingerprint density at radius 1 is 1.63 bits per heavy atom. The van der Waals surface area contributed by atoms with Gasteiger partial charge in [-0.15, -0.1) is 0 Å². The zero-order valence-corrected chi connectivity index (χ0v) is 11.4. The van der Waals surface area contributed by atoms with E-state index in [-0.39, 0.29) is 12.6 Å². The smallest absolute Gasteiger partial charge is 0.263 e. The molecule has 1 saturated heterocycles. The van der Waals surface area contributed by atoms with Crippen molar-refractivity contribution < 1.29 is 17.5 Å². The van der Waals surface area contributed by atoms with Gasteiger partial charge in [-0.25, -0.2) is 17.8 Å². The Morgan fingerprint density at radius 2 is 2.42 bits per heavy atom. The maximum Gasteiger partial charge on any atom is 0.263 e. The number of hydrogen-bond acceptors (Lipinski definition) is 5. The van der Waals surface area contributed by atoms with Gasteiger partial charge in [0, 0.05) is 32.9 Å². The Bertz CT molecular complexity index is 532. The molecular formula is C11H16FN3O3S.